The fourth-order valence-corrected chi connectivity index (χ4v) is 3.34. The van der Waals surface area contributed by atoms with Crippen molar-refractivity contribution in [2.24, 2.45) is 0 Å². The Hall–Kier alpha value is -1.98. The van der Waals surface area contributed by atoms with Crippen molar-refractivity contribution < 1.29 is 34.8 Å². The maximum Gasteiger partial charge on any atom is 0.370 e. The molecule has 0 aliphatic carbocycles. The number of carboxylic acid groups (broad SMARTS) is 1. The number of aliphatic carboxylic acids is 1. The molecule has 0 fully saturated rings. The van der Waals surface area contributed by atoms with Gasteiger partial charge >= 0.3 is 5.97 Å². The van der Waals surface area contributed by atoms with Gasteiger partial charge in [-0.2, -0.15) is 0 Å². The van der Waals surface area contributed by atoms with E-state index in [1.54, 1.807) is 0 Å². The van der Waals surface area contributed by atoms with Crippen LogP contribution in [0.3, 0.4) is 0 Å². The molecular weight excluding hydrogens is 364 g/mol. The Labute approximate surface area is 153 Å². The zero-order valence-corrected chi connectivity index (χ0v) is 14.8. The lowest BCUT2D eigenvalue weighted by Gasteiger charge is -2.40. The SMILES string of the molecule is CC(=O)N[C@H]1[C@H]([C@H](O)[C@H](O)CO)OC(C(=O)O)=C[C@@H]1NCc1cccs1. The van der Waals surface area contributed by atoms with Gasteiger partial charge in [0.1, 0.15) is 18.3 Å². The summed E-state index contributed by atoms with van der Waals surface area (Å²) in [5.74, 6) is -2.17. The second-order valence-electron chi connectivity index (χ2n) is 5.87. The van der Waals surface area contributed by atoms with Crippen molar-refractivity contribution in [3.8, 4) is 0 Å². The first-order chi connectivity index (χ1) is 12.3. The molecule has 9 nitrogen and oxygen atoms in total. The van der Waals surface area contributed by atoms with Gasteiger partial charge in [-0.3, -0.25) is 4.79 Å². The van der Waals surface area contributed by atoms with Crippen LogP contribution in [0.1, 0.15) is 11.8 Å². The van der Waals surface area contributed by atoms with E-state index in [2.05, 4.69) is 10.6 Å². The minimum absolute atomic E-state index is 0.410. The van der Waals surface area contributed by atoms with Crippen LogP contribution in [0, 0.1) is 0 Å². The van der Waals surface area contributed by atoms with Gasteiger partial charge in [-0.05, 0) is 17.5 Å². The molecule has 1 aromatic heterocycles. The van der Waals surface area contributed by atoms with Gasteiger partial charge in [0.05, 0.1) is 18.7 Å². The van der Waals surface area contributed by atoms with Crippen LogP contribution >= 0.6 is 11.3 Å². The number of nitrogens with one attached hydrogen (secondary N) is 2. The van der Waals surface area contributed by atoms with Crippen LogP contribution in [-0.2, 0) is 20.9 Å². The Bertz CT molecular complexity index is 649. The summed E-state index contributed by atoms with van der Waals surface area (Å²) in [6.45, 7) is 0.944. The van der Waals surface area contributed by atoms with Crippen LogP contribution in [-0.4, -0.2) is 69.3 Å². The zero-order valence-electron chi connectivity index (χ0n) is 14.0. The third kappa shape index (κ3) is 5.02. The second kappa shape index (κ2) is 9.10. The number of aliphatic hydroxyl groups is 3. The predicted molar refractivity (Wildman–Crippen MR) is 92.2 cm³/mol. The van der Waals surface area contributed by atoms with Crippen LogP contribution in [0.4, 0.5) is 0 Å². The third-order valence-electron chi connectivity index (χ3n) is 3.93. The molecule has 2 rings (SSSR count). The van der Waals surface area contributed by atoms with Gasteiger partial charge in [-0.15, -0.1) is 11.3 Å². The lowest BCUT2D eigenvalue weighted by atomic mass is 9.92. The van der Waals surface area contributed by atoms with Gasteiger partial charge in [0.25, 0.3) is 0 Å². The van der Waals surface area contributed by atoms with Gasteiger partial charge in [-0.25, -0.2) is 4.79 Å². The largest absolute Gasteiger partial charge is 0.478 e. The summed E-state index contributed by atoms with van der Waals surface area (Å²) in [7, 11) is 0. The highest BCUT2D eigenvalue weighted by Gasteiger charge is 2.43. The van der Waals surface area contributed by atoms with E-state index in [9.17, 15) is 24.9 Å². The van der Waals surface area contributed by atoms with Crippen LogP contribution in [0.5, 0.6) is 0 Å². The molecule has 0 saturated carbocycles. The van der Waals surface area contributed by atoms with E-state index < -0.39 is 54.6 Å². The van der Waals surface area contributed by atoms with Crippen LogP contribution in [0.2, 0.25) is 0 Å². The lowest BCUT2D eigenvalue weighted by molar-refractivity contribution is -0.146. The van der Waals surface area contributed by atoms with Gasteiger partial charge < -0.3 is 35.8 Å². The topological polar surface area (TPSA) is 148 Å². The first kappa shape index (κ1) is 20.3. The highest BCUT2D eigenvalue weighted by molar-refractivity contribution is 7.09. The minimum Gasteiger partial charge on any atom is -0.478 e. The van der Waals surface area contributed by atoms with Gasteiger partial charge in [0.2, 0.25) is 11.7 Å². The van der Waals surface area contributed by atoms with Gasteiger partial charge in [-0.1, -0.05) is 6.07 Å². The highest BCUT2D eigenvalue weighted by Crippen LogP contribution is 2.23. The van der Waals surface area contributed by atoms with E-state index in [4.69, 9.17) is 9.84 Å². The van der Waals surface area contributed by atoms with Crippen molar-refractivity contribution in [2.45, 2.75) is 43.9 Å². The molecule has 1 amide bonds. The van der Waals surface area contributed by atoms with E-state index in [1.165, 1.54) is 24.3 Å². The van der Waals surface area contributed by atoms with E-state index >= 15 is 0 Å². The smallest absolute Gasteiger partial charge is 0.370 e. The molecule has 0 bridgehead atoms. The van der Waals surface area contributed by atoms with Crippen LogP contribution < -0.4 is 10.6 Å². The standard InChI is InChI=1S/C16H22N2O7S/c1-8(20)18-13-10(17-6-9-3-2-4-26-9)5-12(16(23)24)25-15(13)14(22)11(21)7-19/h2-5,10-11,13-15,17,19,21-22H,6-7H2,1H3,(H,18,20)(H,23,24)/t10-,11+,13+,14+,15+/m0/s1. The monoisotopic (exact) mass is 386 g/mol. The molecule has 0 saturated heterocycles. The van der Waals surface area contributed by atoms with Crippen molar-refractivity contribution in [1.82, 2.24) is 10.6 Å². The summed E-state index contributed by atoms with van der Waals surface area (Å²) < 4.78 is 5.30. The number of carboxylic acids is 1. The Morgan fingerprint density at radius 1 is 1.38 bits per heavy atom. The van der Waals surface area contributed by atoms with Gasteiger partial charge in [0, 0.05) is 18.3 Å². The molecule has 2 heterocycles. The van der Waals surface area contributed by atoms with Gasteiger partial charge in [0.15, 0.2) is 0 Å². The summed E-state index contributed by atoms with van der Waals surface area (Å²) in [5, 5.41) is 46.0. The fraction of sp³-hybridized carbons (Fsp3) is 0.500. The van der Waals surface area contributed by atoms with E-state index in [0.29, 0.717) is 6.54 Å². The Morgan fingerprint density at radius 2 is 2.12 bits per heavy atom. The third-order valence-corrected chi connectivity index (χ3v) is 4.80. The predicted octanol–water partition coefficient (Wildman–Crippen LogP) is -1.21. The molecule has 0 radical (unpaired) electrons. The summed E-state index contributed by atoms with van der Waals surface area (Å²) in [4.78, 5) is 24.0. The molecule has 0 aromatic carbocycles. The minimum atomic E-state index is -1.61. The van der Waals surface area contributed by atoms with E-state index in [-0.39, 0.29) is 0 Å². The molecular formula is C16H22N2O7S. The van der Waals surface area contributed by atoms with Crippen LogP contribution in [0.15, 0.2) is 29.3 Å². The molecule has 26 heavy (non-hydrogen) atoms. The molecule has 1 aliphatic heterocycles. The Kier molecular flexibility index (Phi) is 7.12. The highest BCUT2D eigenvalue weighted by atomic mass is 32.1. The number of ether oxygens (including phenoxy) is 1. The quantitative estimate of drug-likeness (QED) is 0.326. The molecule has 10 heteroatoms. The number of hydrogen-bond donors (Lipinski definition) is 6. The van der Waals surface area contributed by atoms with E-state index in [1.807, 2.05) is 17.5 Å². The molecule has 144 valence electrons. The molecule has 0 spiro atoms. The summed E-state index contributed by atoms with van der Waals surface area (Å²) in [5.41, 5.74) is 0. The van der Waals surface area contributed by atoms with Crippen molar-refractivity contribution >= 4 is 23.2 Å². The number of amides is 1. The second-order valence-corrected chi connectivity index (χ2v) is 6.90. The van der Waals surface area contributed by atoms with Crippen molar-refractivity contribution in [1.29, 1.82) is 0 Å². The summed E-state index contributed by atoms with van der Waals surface area (Å²) in [6, 6.07) is 2.24. The Balaban J connectivity index is 2.29. The van der Waals surface area contributed by atoms with Crippen molar-refractivity contribution in [2.75, 3.05) is 6.61 Å². The molecule has 5 atom stereocenters. The van der Waals surface area contributed by atoms with E-state index in [0.717, 1.165) is 4.88 Å². The first-order valence-corrected chi connectivity index (χ1v) is 8.83. The lowest BCUT2D eigenvalue weighted by Crippen LogP contribution is -2.62. The number of carbonyl (C=O) groups is 2. The zero-order chi connectivity index (χ0) is 19.3. The fourth-order valence-electron chi connectivity index (χ4n) is 2.69. The number of hydrogen-bond acceptors (Lipinski definition) is 8. The van der Waals surface area contributed by atoms with Crippen molar-refractivity contribution in [3.63, 3.8) is 0 Å². The molecule has 0 unspecified atom stereocenters. The summed E-state index contributed by atoms with van der Waals surface area (Å²) in [6.07, 6.45) is -3.11. The number of aliphatic hydroxyl groups excluding tert-OH is 3. The normalized spacial score (nSPS) is 24.9. The Morgan fingerprint density at radius 3 is 2.65 bits per heavy atom. The molecule has 1 aromatic rings. The number of carbonyl (C=O) groups excluding carboxylic acids is 1. The average Bonchev–Trinajstić information content (AvgIpc) is 3.12. The maximum atomic E-state index is 11.6. The number of rotatable bonds is 8. The number of thiophene rings is 1. The first-order valence-electron chi connectivity index (χ1n) is 7.95. The van der Waals surface area contributed by atoms with Crippen molar-refractivity contribution in [3.05, 3.63) is 34.2 Å². The molecule has 1 aliphatic rings. The van der Waals surface area contributed by atoms with Crippen LogP contribution in [0.25, 0.3) is 0 Å². The molecule has 6 N–H and O–H groups in total. The average molecular weight is 386 g/mol. The summed E-state index contributed by atoms with van der Waals surface area (Å²) >= 11 is 1.51. The maximum absolute atomic E-state index is 11.6.